The van der Waals surface area contributed by atoms with Crippen LogP contribution in [0.15, 0.2) is 21.9 Å². The van der Waals surface area contributed by atoms with Crippen molar-refractivity contribution in [3.05, 3.63) is 33.1 Å². The van der Waals surface area contributed by atoms with Crippen molar-refractivity contribution in [1.82, 2.24) is 9.55 Å². The van der Waals surface area contributed by atoms with Crippen LogP contribution in [0.25, 0.3) is 0 Å². The lowest BCUT2D eigenvalue weighted by Crippen LogP contribution is -2.31. The van der Waals surface area contributed by atoms with Gasteiger partial charge in [0.2, 0.25) is 0 Å². The lowest BCUT2D eigenvalue weighted by Gasteiger charge is -2.13. The molecule has 0 bridgehead atoms. The summed E-state index contributed by atoms with van der Waals surface area (Å²) in [5.74, 6) is 0. The second-order valence-electron chi connectivity index (χ2n) is 3.58. The van der Waals surface area contributed by atoms with Crippen LogP contribution in [0.4, 0.5) is 4.39 Å². The van der Waals surface area contributed by atoms with Gasteiger partial charge in [0.05, 0.1) is 6.61 Å². The molecular weight excluding hydrogens is 219 g/mol. The van der Waals surface area contributed by atoms with Crippen LogP contribution in [0.2, 0.25) is 0 Å². The molecule has 1 aromatic heterocycles. The predicted molar refractivity (Wildman–Crippen MR) is 51.8 cm³/mol. The van der Waals surface area contributed by atoms with E-state index in [0.29, 0.717) is 0 Å². The third-order valence-corrected chi connectivity index (χ3v) is 2.50. The number of alkyl halides is 1. The highest BCUT2D eigenvalue weighted by atomic mass is 19.1. The van der Waals surface area contributed by atoms with Gasteiger partial charge in [0.15, 0.2) is 0 Å². The molecule has 6 nitrogen and oxygen atoms in total. The standard InChI is InChI=1S/C9H11FN2O4/c10-5-3-8(16-6(5)4-13)12-2-1-7(14)11-9(12)15/h1-2,5-6,8,13H,3-4H2,(H,11,14,15)/t5-,6-,8-/m1/s1. The molecule has 2 heterocycles. The Labute approximate surface area is 89.3 Å². The number of nitrogens with zero attached hydrogens (tertiary/aromatic N) is 1. The molecule has 1 saturated heterocycles. The van der Waals surface area contributed by atoms with Crippen molar-refractivity contribution < 1.29 is 14.2 Å². The predicted octanol–water partition coefficient (Wildman–Crippen LogP) is -0.845. The highest BCUT2D eigenvalue weighted by Crippen LogP contribution is 2.29. The topological polar surface area (TPSA) is 84.3 Å². The Bertz CT molecular complexity index is 483. The fraction of sp³-hybridized carbons (Fsp3) is 0.556. The van der Waals surface area contributed by atoms with Crippen LogP contribution in [0.1, 0.15) is 12.6 Å². The summed E-state index contributed by atoms with van der Waals surface area (Å²) < 4.78 is 19.5. The van der Waals surface area contributed by atoms with Gasteiger partial charge in [0.25, 0.3) is 5.56 Å². The summed E-state index contributed by atoms with van der Waals surface area (Å²) >= 11 is 0. The minimum Gasteiger partial charge on any atom is -0.394 e. The molecule has 1 fully saturated rings. The molecule has 0 aliphatic carbocycles. The third-order valence-electron chi connectivity index (χ3n) is 2.50. The minimum atomic E-state index is -1.31. The average Bonchev–Trinajstić information content (AvgIpc) is 2.59. The Morgan fingerprint density at radius 2 is 2.38 bits per heavy atom. The lowest BCUT2D eigenvalue weighted by atomic mass is 10.2. The summed E-state index contributed by atoms with van der Waals surface area (Å²) in [6.45, 7) is -0.435. The molecule has 0 spiro atoms. The SMILES string of the molecule is O=c1ccn([C@H]2C[C@@H](F)[C@@H](CO)O2)c(=O)[nH]1. The van der Waals surface area contributed by atoms with Gasteiger partial charge in [-0.15, -0.1) is 0 Å². The third kappa shape index (κ3) is 1.91. The van der Waals surface area contributed by atoms with Gasteiger partial charge < -0.3 is 9.84 Å². The molecule has 0 unspecified atom stereocenters. The van der Waals surface area contributed by atoms with E-state index in [9.17, 15) is 14.0 Å². The molecule has 1 aromatic rings. The van der Waals surface area contributed by atoms with E-state index in [0.717, 1.165) is 10.6 Å². The zero-order valence-corrected chi connectivity index (χ0v) is 8.30. The van der Waals surface area contributed by atoms with E-state index >= 15 is 0 Å². The van der Waals surface area contributed by atoms with Crippen LogP contribution >= 0.6 is 0 Å². The van der Waals surface area contributed by atoms with Gasteiger partial charge >= 0.3 is 5.69 Å². The summed E-state index contributed by atoms with van der Waals surface area (Å²) in [6, 6.07) is 1.16. The first-order valence-corrected chi connectivity index (χ1v) is 4.83. The maximum absolute atomic E-state index is 13.3. The summed E-state index contributed by atoms with van der Waals surface area (Å²) in [4.78, 5) is 24.2. The number of aliphatic hydroxyl groups is 1. The number of nitrogens with one attached hydrogen (secondary N) is 1. The molecule has 0 aromatic carbocycles. The number of aromatic nitrogens is 2. The normalized spacial score (nSPS) is 29.5. The molecule has 7 heteroatoms. The first kappa shape index (κ1) is 11.0. The number of ether oxygens (including phenoxy) is 1. The van der Waals surface area contributed by atoms with Crippen molar-refractivity contribution in [2.45, 2.75) is 24.9 Å². The smallest absolute Gasteiger partial charge is 0.330 e. The second kappa shape index (κ2) is 4.18. The van der Waals surface area contributed by atoms with E-state index < -0.39 is 36.4 Å². The van der Waals surface area contributed by atoms with Gasteiger partial charge in [-0.3, -0.25) is 14.3 Å². The van der Waals surface area contributed by atoms with E-state index in [-0.39, 0.29) is 6.42 Å². The number of hydrogen-bond acceptors (Lipinski definition) is 4. The highest BCUT2D eigenvalue weighted by molar-refractivity contribution is 4.88. The van der Waals surface area contributed by atoms with E-state index in [2.05, 4.69) is 4.98 Å². The minimum absolute atomic E-state index is 0.0167. The number of H-pyrrole nitrogens is 1. The Kier molecular flexibility index (Phi) is 2.88. The molecule has 2 rings (SSSR count). The summed E-state index contributed by atoms with van der Waals surface area (Å²) in [5.41, 5.74) is -1.17. The van der Waals surface area contributed by atoms with Crippen LogP contribution in [0, 0.1) is 0 Å². The molecule has 1 aliphatic rings. The monoisotopic (exact) mass is 230 g/mol. The van der Waals surface area contributed by atoms with Crippen LogP contribution in [-0.4, -0.2) is 33.5 Å². The summed E-state index contributed by atoms with van der Waals surface area (Å²) in [7, 11) is 0. The van der Waals surface area contributed by atoms with Crippen molar-refractivity contribution in [1.29, 1.82) is 0 Å². The van der Waals surface area contributed by atoms with Crippen LogP contribution < -0.4 is 11.2 Å². The van der Waals surface area contributed by atoms with Gasteiger partial charge in [-0.1, -0.05) is 0 Å². The zero-order chi connectivity index (χ0) is 11.7. The Balaban J connectivity index is 2.27. The molecule has 1 aliphatic heterocycles. The molecule has 3 atom stereocenters. The largest absolute Gasteiger partial charge is 0.394 e. The maximum atomic E-state index is 13.3. The number of aromatic amines is 1. The van der Waals surface area contributed by atoms with Gasteiger partial charge in [0.1, 0.15) is 18.5 Å². The molecule has 0 saturated carbocycles. The van der Waals surface area contributed by atoms with E-state index in [1.54, 1.807) is 0 Å². The van der Waals surface area contributed by atoms with Crippen molar-refractivity contribution in [3.63, 3.8) is 0 Å². The van der Waals surface area contributed by atoms with Gasteiger partial charge in [-0.25, -0.2) is 9.18 Å². The van der Waals surface area contributed by atoms with E-state index in [4.69, 9.17) is 9.84 Å². The first-order chi connectivity index (χ1) is 7.61. The maximum Gasteiger partial charge on any atom is 0.330 e. The quantitative estimate of drug-likeness (QED) is 0.693. The molecule has 0 amide bonds. The van der Waals surface area contributed by atoms with Crippen molar-refractivity contribution >= 4 is 0 Å². The van der Waals surface area contributed by atoms with Crippen molar-refractivity contribution in [2.75, 3.05) is 6.61 Å². The summed E-state index contributed by atoms with van der Waals surface area (Å²) in [6.07, 6.45) is -1.77. The number of rotatable bonds is 2. The molecule has 0 radical (unpaired) electrons. The highest BCUT2D eigenvalue weighted by Gasteiger charge is 2.36. The Morgan fingerprint density at radius 3 is 2.94 bits per heavy atom. The Hall–Kier alpha value is -1.47. The number of halogens is 1. The second-order valence-corrected chi connectivity index (χ2v) is 3.58. The lowest BCUT2D eigenvalue weighted by molar-refractivity contribution is -0.0356. The van der Waals surface area contributed by atoms with Crippen molar-refractivity contribution in [3.8, 4) is 0 Å². The number of hydrogen-bond donors (Lipinski definition) is 2. The number of aliphatic hydroxyl groups excluding tert-OH is 1. The van der Waals surface area contributed by atoms with Gasteiger partial charge in [0, 0.05) is 18.7 Å². The van der Waals surface area contributed by atoms with Crippen LogP contribution in [0.3, 0.4) is 0 Å². The van der Waals surface area contributed by atoms with Crippen LogP contribution in [0.5, 0.6) is 0 Å². The molecule has 2 N–H and O–H groups in total. The fourth-order valence-corrected chi connectivity index (χ4v) is 1.68. The van der Waals surface area contributed by atoms with Gasteiger partial charge in [-0.2, -0.15) is 0 Å². The Morgan fingerprint density at radius 1 is 1.62 bits per heavy atom. The molecular formula is C9H11FN2O4. The van der Waals surface area contributed by atoms with Crippen molar-refractivity contribution in [2.24, 2.45) is 0 Å². The van der Waals surface area contributed by atoms with E-state index in [1.807, 2.05) is 0 Å². The summed E-state index contributed by atoms with van der Waals surface area (Å²) in [5, 5.41) is 8.80. The first-order valence-electron chi connectivity index (χ1n) is 4.83. The van der Waals surface area contributed by atoms with Crippen LogP contribution in [-0.2, 0) is 4.74 Å². The molecule has 16 heavy (non-hydrogen) atoms. The average molecular weight is 230 g/mol. The fourth-order valence-electron chi connectivity index (χ4n) is 1.68. The zero-order valence-electron chi connectivity index (χ0n) is 8.30. The van der Waals surface area contributed by atoms with E-state index in [1.165, 1.54) is 6.20 Å². The molecule has 88 valence electrons. The van der Waals surface area contributed by atoms with Gasteiger partial charge in [-0.05, 0) is 0 Å².